The molecule has 0 saturated heterocycles. The van der Waals surface area contributed by atoms with Gasteiger partial charge in [-0.25, -0.2) is 0 Å². The van der Waals surface area contributed by atoms with E-state index >= 15 is 0 Å². The molecule has 0 aromatic heterocycles. The van der Waals surface area contributed by atoms with Crippen molar-refractivity contribution in [3.05, 3.63) is 34.9 Å². The Labute approximate surface area is 107 Å². The summed E-state index contributed by atoms with van der Waals surface area (Å²) in [4.78, 5) is 22.0. The van der Waals surface area contributed by atoms with Crippen molar-refractivity contribution in [2.75, 3.05) is 0 Å². The molecule has 0 fully saturated rings. The Bertz CT molecular complexity index is 435. The molecule has 1 aromatic rings. The van der Waals surface area contributed by atoms with Crippen molar-refractivity contribution in [1.29, 1.82) is 0 Å². The second-order valence-electron chi connectivity index (χ2n) is 4.09. The maximum absolute atomic E-state index is 11.0. The second kappa shape index (κ2) is 6.19. The Balaban J connectivity index is 3.03. The molecule has 0 amide bonds. The molecule has 0 bridgehead atoms. The number of aryl methyl sites for hydroxylation is 2. The zero-order chi connectivity index (χ0) is 13.7. The molecule has 0 radical (unpaired) electrons. The highest BCUT2D eigenvalue weighted by molar-refractivity contribution is 5.68. The first kappa shape index (κ1) is 14.2. The topological polar surface area (TPSA) is 52.6 Å². The third-order valence-corrected chi connectivity index (χ3v) is 2.57. The molecular formula is C14H18O4. The normalized spacial score (nSPS) is 10.3. The predicted molar refractivity (Wildman–Crippen MR) is 66.8 cm³/mol. The number of hydrogen-bond donors (Lipinski definition) is 0. The summed E-state index contributed by atoms with van der Waals surface area (Å²) >= 11 is 0. The summed E-state index contributed by atoms with van der Waals surface area (Å²) < 4.78 is 10.0. The van der Waals surface area contributed by atoms with Crippen LogP contribution < -0.4 is 0 Å². The zero-order valence-corrected chi connectivity index (χ0v) is 11.1. The number of benzene rings is 1. The van der Waals surface area contributed by atoms with E-state index in [0.717, 1.165) is 17.5 Å². The van der Waals surface area contributed by atoms with Gasteiger partial charge in [-0.3, -0.25) is 9.59 Å². The van der Waals surface area contributed by atoms with Crippen LogP contribution in [-0.4, -0.2) is 11.9 Å². The molecule has 0 atom stereocenters. The molecule has 98 valence electrons. The van der Waals surface area contributed by atoms with Gasteiger partial charge in [-0.15, -0.1) is 0 Å². The van der Waals surface area contributed by atoms with Crippen LogP contribution >= 0.6 is 0 Å². The van der Waals surface area contributed by atoms with Crippen molar-refractivity contribution < 1.29 is 19.1 Å². The molecule has 1 aromatic carbocycles. The molecule has 0 aliphatic rings. The minimum absolute atomic E-state index is 0.486. The highest BCUT2D eigenvalue weighted by atomic mass is 16.7. The largest absolute Gasteiger partial charge is 0.421 e. The van der Waals surface area contributed by atoms with Gasteiger partial charge in [0.05, 0.1) is 0 Å². The molecule has 0 aliphatic carbocycles. The maximum Gasteiger partial charge on any atom is 0.305 e. The van der Waals surface area contributed by atoms with Crippen LogP contribution in [0.2, 0.25) is 0 Å². The van der Waals surface area contributed by atoms with Crippen LogP contribution in [0.15, 0.2) is 18.2 Å². The highest BCUT2D eigenvalue weighted by Crippen LogP contribution is 2.22. The van der Waals surface area contributed by atoms with Gasteiger partial charge in [-0.1, -0.05) is 19.1 Å². The fourth-order valence-electron chi connectivity index (χ4n) is 1.68. The van der Waals surface area contributed by atoms with Crippen LogP contribution in [0.25, 0.3) is 0 Å². The van der Waals surface area contributed by atoms with Crippen LogP contribution in [0.5, 0.6) is 0 Å². The van der Waals surface area contributed by atoms with Crippen LogP contribution in [0.1, 0.15) is 43.8 Å². The Morgan fingerprint density at radius 2 is 1.72 bits per heavy atom. The van der Waals surface area contributed by atoms with E-state index < -0.39 is 18.2 Å². The quantitative estimate of drug-likeness (QED) is 0.609. The van der Waals surface area contributed by atoms with Gasteiger partial charge < -0.3 is 9.47 Å². The van der Waals surface area contributed by atoms with Gasteiger partial charge in [0.1, 0.15) is 0 Å². The summed E-state index contributed by atoms with van der Waals surface area (Å²) in [6.07, 6.45) is -0.0992. The van der Waals surface area contributed by atoms with Gasteiger partial charge in [-0.2, -0.15) is 0 Å². The first-order valence-corrected chi connectivity index (χ1v) is 5.88. The summed E-state index contributed by atoms with van der Waals surface area (Å²) in [7, 11) is 0. The Morgan fingerprint density at radius 1 is 1.17 bits per heavy atom. The lowest BCUT2D eigenvalue weighted by Gasteiger charge is -2.18. The van der Waals surface area contributed by atoms with Crippen molar-refractivity contribution in [2.45, 2.75) is 40.4 Å². The minimum atomic E-state index is -0.967. The summed E-state index contributed by atoms with van der Waals surface area (Å²) in [5.74, 6) is -0.972. The maximum atomic E-state index is 11.0. The highest BCUT2D eigenvalue weighted by Gasteiger charge is 2.18. The molecule has 0 unspecified atom stereocenters. The summed E-state index contributed by atoms with van der Waals surface area (Å²) in [6, 6.07) is 5.62. The van der Waals surface area contributed by atoms with Gasteiger partial charge >= 0.3 is 11.9 Å². The summed E-state index contributed by atoms with van der Waals surface area (Å²) in [5.41, 5.74) is 2.96. The lowest BCUT2D eigenvalue weighted by atomic mass is 10.0. The summed E-state index contributed by atoms with van der Waals surface area (Å²) in [5, 5.41) is 0. The first-order chi connectivity index (χ1) is 8.43. The Morgan fingerprint density at radius 3 is 2.17 bits per heavy atom. The average Bonchev–Trinajstić information content (AvgIpc) is 2.27. The lowest BCUT2D eigenvalue weighted by molar-refractivity contribution is -0.186. The van der Waals surface area contributed by atoms with Crippen molar-refractivity contribution in [3.63, 3.8) is 0 Å². The van der Waals surface area contributed by atoms with Gasteiger partial charge in [0.2, 0.25) is 0 Å². The minimum Gasteiger partial charge on any atom is -0.421 e. The SMILES string of the molecule is CCc1cc(C(OC(C)=O)OC(C)=O)ccc1C. The molecule has 0 N–H and O–H groups in total. The first-order valence-electron chi connectivity index (χ1n) is 5.88. The Hall–Kier alpha value is -1.84. The van der Waals surface area contributed by atoms with E-state index in [1.165, 1.54) is 13.8 Å². The van der Waals surface area contributed by atoms with Gasteiger partial charge in [0.15, 0.2) is 0 Å². The number of rotatable bonds is 4. The van der Waals surface area contributed by atoms with E-state index in [-0.39, 0.29) is 0 Å². The molecule has 0 spiro atoms. The van der Waals surface area contributed by atoms with E-state index in [9.17, 15) is 9.59 Å². The number of carbonyl (C=O) groups is 2. The third-order valence-electron chi connectivity index (χ3n) is 2.57. The fraction of sp³-hybridized carbons (Fsp3) is 0.429. The predicted octanol–water partition coefficient (Wildman–Crippen LogP) is 2.68. The fourth-order valence-corrected chi connectivity index (χ4v) is 1.68. The summed E-state index contributed by atoms with van der Waals surface area (Å²) in [6.45, 7) is 6.62. The van der Waals surface area contributed by atoms with Gasteiger partial charge in [-0.05, 0) is 30.5 Å². The van der Waals surface area contributed by atoms with E-state index in [1.807, 2.05) is 26.0 Å². The smallest absolute Gasteiger partial charge is 0.305 e. The van der Waals surface area contributed by atoms with E-state index in [4.69, 9.17) is 9.47 Å². The van der Waals surface area contributed by atoms with Crippen LogP contribution in [0.4, 0.5) is 0 Å². The zero-order valence-electron chi connectivity index (χ0n) is 11.1. The van der Waals surface area contributed by atoms with Crippen molar-refractivity contribution in [1.82, 2.24) is 0 Å². The average molecular weight is 250 g/mol. The third kappa shape index (κ3) is 3.87. The van der Waals surface area contributed by atoms with Crippen LogP contribution in [0.3, 0.4) is 0 Å². The number of esters is 2. The molecule has 0 saturated carbocycles. The number of ether oxygens (including phenoxy) is 2. The molecule has 18 heavy (non-hydrogen) atoms. The van der Waals surface area contributed by atoms with E-state index in [1.54, 1.807) is 6.07 Å². The van der Waals surface area contributed by atoms with E-state index in [0.29, 0.717) is 5.56 Å². The van der Waals surface area contributed by atoms with E-state index in [2.05, 4.69) is 0 Å². The standard InChI is InChI=1S/C14H18O4/c1-5-12-8-13(7-6-9(12)2)14(17-10(3)15)18-11(4)16/h6-8,14H,5H2,1-4H3. The molecule has 0 aliphatic heterocycles. The van der Waals surface area contributed by atoms with Crippen LogP contribution in [-0.2, 0) is 25.5 Å². The van der Waals surface area contributed by atoms with Crippen molar-refractivity contribution in [3.8, 4) is 0 Å². The molecule has 1 rings (SSSR count). The van der Waals surface area contributed by atoms with Gasteiger partial charge in [0.25, 0.3) is 6.29 Å². The number of hydrogen-bond acceptors (Lipinski definition) is 4. The van der Waals surface area contributed by atoms with Crippen LogP contribution in [0, 0.1) is 6.92 Å². The monoisotopic (exact) mass is 250 g/mol. The lowest BCUT2D eigenvalue weighted by Crippen LogP contribution is -2.15. The number of carbonyl (C=O) groups excluding carboxylic acids is 2. The van der Waals surface area contributed by atoms with Gasteiger partial charge in [0, 0.05) is 19.4 Å². The van der Waals surface area contributed by atoms with Crippen molar-refractivity contribution in [2.24, 2.45) is 0 Å². The Kier molecular flexibility index (Phi) is 4.89. The molecule has 4 nitrogen and oxygen atoms in total. The molecular weight excluding hydrogens is 232 g/mol. The molecule has 0 heterocycles. The van der Waals surface area contributed by atoms with Crippen molar-refractivity contribution >= 4 is 11.9 Å². The molecule has 4 heteroatoms. The second-order valence-corrected chi connectivity index (χ2v) is 4.09.